The molecule has 1 saturated heterocycles. The molecule has 1 aliphatic rings. The summed E-state index contributed by atoms with van der Waals surface area (Å²) in [5, 5.41) is 2.97. The highest BCUT2D eigenvalue weighted by atomic mass is 35.5. The smallest absolute Gasteiger partial charge is 0.240 e. The maximum atomic E-state index is 12.1. The fourth-order valence-corrected chi connectivity index (χ4v) is 3.53. The Morgan fingerprint density at radius 3 is 2.79 bits per heavy atom. The highest BCUT2D eigenvalue weighted by Crippen LogP contribution is 2.30. The Labute approximate surface area is 146 Å². The van der Waals surface area contributed by atoms with Crippen molar-refractivity contribution in [1.82, 2.24) is 5.32 Å². The first-order valence-electron chi connectivity index (χ1n) is 7.51. The van der Waals surface area contributed by atoms with Crippen LogP contribution in [-0.2, 0) is 19.6 Å². The number of methoxy groups -OCH3 is 1. The largest absolute Gasteiger partial charge is 0.495 e. The molecule has 1 N–H and O–H groups in total. The maximum Gasteiger partial charge on any atom is 0.240 e. The summed E-state index contributed by atoms with van der Waals surface area (Å²) in [5.74, 6) is 0.0274. The number of nitrogens with one attached hydrogen (secondary N) is 1. The van der Waals surface area contributed by atoms with Gasteiger partial charge in [-0.05, 0) is 31.0 Å². The average molecular weight is 377 g/mol. The van der Waals surface area contributed by atoms with Crippen LogP contribution in [0.4, 0.5) is 5.69 Å². The molecule has 0 bridgehead atoms. The summed E-state index contributed by atoms with van der Waals surface area (Å²) in [5.41, 5.74) is 0.301. The van der Waals surface area contributed by atoms with Crippen LogP contribution >= 0.6 is 11.6 Å². The molecule has 134 valence electrons. The Morgan fingerprint density at radius 1 is 1.50 bits per heavy atom. The van der Waals surface area contributed by atoms with Crippen molar-refractivity contribution in [3.05, 3.63) is 23.2 Å². The van der Waals surface area contributed by atoms with Crippen LogP contribution in [0.2, 0.25) is 5.02 Å². The van der Waals surface area contributed by atoms with Gasteiger partial charge in [-0.15, -0.1) is 0 Å². The SMILES string of the molecule is COc1ccc(N(CC(=O)NCC2CCCO2)S(C)(=O)=O)cc1Cl. The van der Waals surface area contributed by atoms with Gasteiger partial charge in [-0.1, -0.05) is 11.6 Å². The molecule has 1 aromatic rings. The first kappa shape index (κ1) is 18.8. The Morgan fingerprint density at radius 2 is 2.25 bits per heavy atom. The minimum absolute atomic E-state index is 0.00364. The molecule has 0 radical (unpaired) electrons. The highest BCUT2D eigenvalue weighted by molar-refractivity contribution is 7.92. The van der Waals surface area contributed by atoms with E-state index in [0.717, 1.165) is 23.4 Å². The number of anilines is 1. The van der Waals surface area contributed by atoms with Gasteiger partial charge in [0.1, 0.15) is 12.3 Å². The Balaban J connectivity index is 2.08. The van der Waals surface area contributed by atoms with Gasteiger partial charge in [-0.3, -0.25) is 9.10 Å². The van der Waals surface area contributed by atoms with E-state index in [1.54, 1.807) is 12.1 Å². The van der Waals surface area contributed by atoms with Crippen molar-refractivity contribution in [3.63, 3.8) is 0 Å². The zero-order chi connectivity index (χ0) is 17.7. The Hall–Kier alpha value is -1.51. The van der Waals surface area contributed by atoms with E-state index < -0.39 is 15.9 Å². The van der Waals surface area contributed by atoms with Crippen LogP contribution in [0, 0.1) is 0 Å². The second-order valence-corrected chi connectivity index (χ2v) is 7.84. The first-order chi connectivity index (χ1) is 11.3. The van der Waals surface area contributed by atoms with Crippen LogP contribution in [0.15, 0.2) is 18.2 Å². The molecule has 0 aromatic heterocycles. The predicted octanol–water partition coefficient (Wildman–Crippen LogP) is 1.41. The van der Waals surface area contributed by atoms with Gasteiger partial charge in [0, 0.05) is 13.2 Å². The molecule has 9 heteroatoms. The number of hydrogen-bond acceptors (Lipinski definition) is 5. The average Bonchev–Trinajstić information content (AvgIpc) is 3.03. The monoisotopic (exact) mass is 376 g/mol. The van der Waals surface area contributed by atoms with E-state index in [1.165, 1.54) is 13.2 Å². The molecule has 1 amide bonds. The van der Waals surface area contributed by atoms with Crippen LogP contribution < -0.4 is 14.4 Å². The molecular weight excluding hydrogens is 356 g/mol. The van der Waals surface area contributed by atoms with Crippen molar-refractivity contribution in [2.45, 2.75) is 18.9 Å². The van der Waals surface area contributed by atoms with Crippen molar-refractivity contribution >= 4 is 33.2 Å². The van der Waals surface area contributed by atoms with Crippen molar-refractivity contribution < 1.29 is 22.7 Å². The minimum atomic E-state index is -3.64. The standard InChI is InChI=1S/C15H21ClN2O5S/c1-22-14-6-5-11(8-13(14)16)18(24(2,20)21)10-15(19)17-9-12-4-3-7-23-12/h5-6,8,12H,3-4,7,9-10H2,1-2H3,(H,17,19). The molecule has 24 heavy (non-hydrogen) atoms. The summed E-state index contributed by atoms with van der Waals surface area (Å²) < 4.78 is 35.6. The van der Waals surface area contributed by atoms with Gasteiger partial charge in [0.25, 0.3) is 0 Å². The number of sulfonamides is 1. The summed E-state index contributed by atoms with van der Waals surface area (Å²) in [6.45, 7) is 0.744. The van der Waals surface area contributed by atoms with Crippen LogP contribution in [0.3, 0.4) is 0 Å². The summed E-state index contributed by atoms with van der Waals surface area (Å²) >= 11 is 6.04. The Kier molecular flexibility index (Phi) is 6.31. The number of benzene rings is 1. The zero-order valence-electron chi connectivity index (χ0n) is 13.6. The second kappa shape index (κ2) is 8.04. The van der Waals surface area contributed by atoms with Crippen molar-refractivity contribution in [2.24, 2.45) is 0 Å². The fourth-order valence-electron chi connectivity index (χ4n) is 2.43. The first-order valence-corrected chi connectivity index (χ1v) is 9.73. The van der Waals surface area contributed by atoms with E-state index in [1.807, 2.05) is 0 Å². The van der Waals surface area contributed by atoms with E-state index in [2.05, 4.69) is 5.32 Å². The van der Waals surface area contributed by atoms with E-state index in [4.69, 9.17) is 21.1 Å². The molecule has 0 aliphatic carbocycles. The van der Waals surface area contributed by atoms with Gasteiger partial charge in [-0.2, -0.15) is 0 Å². The van der Waals surface area contributed by atoms with Gasteiger partial charge in [-0.25, -0.2) is 8.42 Å². The van der Waals surface area contributed by atoms with Gasteiger partial charge in [0.15, 0.2) is 0 Å². The number of hydrogen-bond donors (Lipinski definition) is 1. The number of amides is 1. The number of ether oxygens (including phenoxy) is 2. The lowest BCUT2D eigenvalue weighted by atomic mass is 10.2. The van der Waals surface area contributed by atoms with Gasteiger partial charge in [0.2, 0.25) is 15.9 Å². The molecule has 1 heterocycles. The molecule has 0 saturated carbocycles. The minimum Gasteiger partial charge on any atom is -0.495 e. The summed E-state index contributed by atoms with van der Waals surface area (Å²) in [7, 11) is -2.18. The lowest BCUT2D eigenvalue weighted by molar-refractivity contribution is -0.120. The van der Waals surface area contributed by atoms with Gasteiger partial charge < -0.3 is 14.8 Å². The van der Waals surface area contributed by atoms with E-state index in [-0.39, 0.29) is 17.7 Å². The predicted molar refractivity (Wildman–Crippen MR) is 92.2 cm³/mol. The number of rotatable bonds is 7. The lowest BCUT2D eigenvalue weighted by Gasteiger charge is -2.23. The molecule has 1 aromatic carbocycles. The third kappa shape index (κ3) is 4.99. The normalized spacial score (nSPS) is 17.5. The van der Waals surface area contributed by atoms with E-state index in [9.17, 15) is 13.2 Å². The van der Waals surface area contributed by atoms with Crippen molar-refractivity contribution in [2.75, 3.05) is 37.4 Å². The molecule has 1 atom stereocenters. The lowest BCUT2D eigenvalue weighted by Crippen LogP contribution is -2.42. The third-order valence-electron chi connectivity index (χ3n) is 3.66. The van der Waals surface area contributed by atoms with E-state index in [0.29, 0.717) is 24.6 Å². The van der Waals surface area contributed by atoms with Crippen LogP contribution in [0.1, 0.15) is 12.8 Å². The molecule has 2 rings (SSSR count). The quantitative estimate of drug-likeness (QED) is 0.777. The van der Waals surface area contributed by atoms with Crippen LogP contribution in [-0.4, -0.2) is 53.5 Å². The molecule has 0 spiro atoms. The number of carbonyl (C=O) groups is 1. The topological polar surface area (TPSA) is 84.9 Å². The second-order valence-electron chi connectivity index (χ2n) is 5.53. The third-order valence-corrected chi connectivity index (χ3v) is 5.10. The van der Waals surface area contributed by atoms with Crippen molar-refractivity contribution in [3.8, 4) is 5.75 Å². The maximum absolute atomic E-state index is 12.1. The van der Waals surface area contributed by atoms with Crippen molar-refractivity contribution in [1.29, 1.82) is 0 Å². The molecule has 7 nitrogen and oxygen atoms in total. The number of nitrogens with zero attached hydrogens (tertiary/aromatic N) is 1. The zero-order valence-corrected chi connectivity index (χ0v) is 15.2. The van der Waals surface area contributed by atoms with Crippen LogP contribution in [0.5, 0.6) is 5.75 Å². The number of carbonyl (C=O) groups excluding carboxylic acids is 1. The fraction of sp³-hybridized carbons (Fsp3) is 0.533. The molecule has 1 aliphatic heterocycles. The van der Waals surface area contributed by atoms with Gasteiger partial charge >= 0.3 is 0 Å². The molecule has 1 unspecified atom stereocenters. The molecular formula is C15H21ClN2O5S. The van der Waals surface area contributed by atoms with E-state index >= 15 is 0 Å². The van der Waals surface area contributed by atoms with Crippen LogP contribution in [0.25, 0.3) is 0 Å². The summed E-state index contributed by atoms with van der Waals surface area (Å²) in [4.78, 5) is 12.1. The Bertz CT molecular complexity index is 689. The summed E-state index contributed by atoms with van der Waals surface area (Å²) in [6.07, 6.45) is 2.90. The number of halogens is 1. The molecule has 1 fully saturated rings. The summed E-state index contributed by atoms with van der Waals surface area (Å²) in [6, 6.07) is 4.55. The highest BCUT2D eigenvalue weighted by Gasteiger charge is 2.23. The van der Waals surface area contributed by atoms with Gasteiger partial charge in [0.05, 0.1) is 30.2 Å².